The summed E-state index contributed by atoms with van der Waals surface area (Å²) in [7, 11) is 1.89. The molecule has 1 saturated heterocycles. The topological polar surface area (TPSA) is 134 Å². The fraction of sp³-hybridized carbons (Fsp3) is 0.400. The summed E-state index contributed by atoms with van der Waals surface area (Å²) in [5.74, 6) is -0.681. The SMILES string of the molecule is CC(=O)N1CCn2c(-c3cnn(C)c3)cnc2C12CCN(Cc1ccc(F)c(F)c1)CC2.O=CO.O=CO. The first-order chi connectivity index (χ1) is 18.2. The van der Waals surface area contributed by atoms with Crippen LogP contribution >= 0.6 is 0 Å². The van der Waals surface area contributed by atoms with E-state index >= 15 is 0 Å². The molecule has 0 saturated carbocycles. The highest BCUT2D eigenvalue weighted by atomic mass is 19.2. The summed E-state index contributed by atoms with van der Waals surface area (Å²) in [6.07, 6.45) is 7.16. The third kappa shape index (κ3) is 5.88. The molecule has 2 aliphatic rings. The number of fused-ring (bicyclic) bond motifs is 2. The number of rotatable bonds is 3. The number of carbonyl (C=O) groups is 3. The van der Waals surface area contributed by atoms with Gasteiger partial charge in [0.25, 0.3) is 12.9 Å². The molecule has 11 nitrogen and oxygen atoms in total. The van der Waals surface area contributed by atoms with Crippen LogP contribution in [0.2, 0.25) is 0 Å². The van der Waals surface area contributed by atoms with Crippen molar-refractivity contribution in [1.82, 2.24) is 29.1 Å². The maximum absolute atomic E-state index is 13.6. The average Bonchev–Trinajstić information content (AvgIpc) is 3.50. The molecule has 1 aromatic carbocycles. The fourth-order valence-corrected chi connectivity index (χ4v) is 5.22. The lowest BCUT2D eigenvalue weighted by Crippen LogP contribution is -2.59. The molecular formula is C25H30F2N6O5. The molecule has 0 aliphatic carbocycles. The number of aryl methyl sites for hydroxylation is 1. The van der Waals surface area contributed by atoms with Crippen molar-refractivity contribution in [1.29, 1.82) is 0 Å². The quantitative estimate of drug-likeness (QED) is 0.491. The number of aromatic nitrogens is 4. The van der Waals surface area contributed by atoms with Crippen molar-refractivity contribution in [2.24, 2.45) is 7.05 Å². The minimum Gasteiger partial charge on any atom is -0.483 e. The van der Waals surface area contributed by atoms with Crippen LogP contribution in [0.25, 0.3) is 11.3 Å². The molecule has 2 N–H and O–H groups in total. The van der Waals surface area contributed by atoms with E-state index in [2.05, 4.69) is 14.6 Å². The number of nitrogens with zero attached hydrogens (tertiary/aromatic N) is 6. The highest BCUT2D eigenvalue weighted by molar-refractivity contribution is 5.75. The smallest absolute Gasteiger partial charge is 0.290 e. The monoisotopic (exact) mass is 532 g/mol. The molecule has 1 fully saturated rings. The number of imidazole rings is 1. The Hall–Kier alpha value is -4.13. The lowest BCUT2D eigenvalue weighted by Gasteiger charge is -2.50. The second-order valence-electron chi connectivity index (χ2n) is 8.96. The van der Waals surface area contributed by atoms with E-state index in [0.717, 1.165) is 48.6 Å². The Balaban J connectivity index is 0.000000611. The largest absolute Gasteiger partial charge is 0.483 e. The number of hydrogen-bond donors (Lipinski definition) is 2. The predicted octanol–water partition coefficient (Wildman–Crippen LogP) is 2.32. The minimum atomic E-state index is -0.832. The lowest BCUT2D eigenvalue weighted by molar-refractivity contribution is -0.141. The first-order valence-electron chi connectivity index (χ1n) is 11.9. The molecule has 204 valence electrons. The van der Waals surface area contributed by atoms with E-state index < -0.39 is 17.2 Å². The average molecular weight is 533 g/mol. The summed E-state index contributed by atoms with van der Waals surface area (Å²) in [6.45, 7) is 4.46. The van der Waals surface area contributed by atoms with Crippen LogP contribution in [0.3, 0.4) is 0 Å². The van der Waals surface area contributed by atoms with Gasteiger partial charge in [-0.3, -0.25) is 24.0 Å². The van der Waals surface area contributed by atoms with E-state index in [1.807, 2.05) is 30.5 Å². The molecule has 2 aromatic heterocycles. The van der Waals surface area contributed by atoms with Crippen LogP contribution in [0.1, 0.15) is 31.2 Å². The van der Waals surface area contributed by atoms with Gasteiger partial charge in [-0.15, -0.1) is 0 Å². The Morgan fingerprint density at radius 3 is 2.26 bits per heavy atom. The van der Waals surface area contributed by atoms with Crippen molar-refractivity contribution in [3.05, 3.63) is 59.8 Å². The molecule has 2 aliphatic heterocycles. The van der Waals surface area contributed by atoms with Crippen molar-refractivity contribution >= 4 is 18.9 Å². The van der Waals surface area contributed by atoms with Gasteiger partial charge in [0.1, 0.15) is 11.4 Å². The van der Waals surface area contributed by atoms with Crippen LogP contribution in [0, 0.1) is 11.6 Å². The summed E-state index contributed by atoms with van der Waals surface area (Å²) >= 11 is 0. The molecule has 0 bridgehead atoms. The highest BCUT2D eigenvalue weighted by Gasteiger charge is 2.48. The highest BCUT2D eigenvalue weighted by Crippen LogP contribution is 2.42. The molecule has 0 atom stereocenters. The van der Waals surface area contributed by atoms with Crippen LogP contribution in [-0.4, -0.2) is 77.8 Å². The maximum Gasteiger partial charge on any atom is 0.290 e. The van der Waals surface area contributed by atoms with Crippen molar-refractivity contribution < 1.29 is 33.4 Å². The van der Waals surface area contributed by atoms with Gasteiger partial charge < -0.3 is 19.7 Å². The van der Waals surface area contributed by atoms with Gasteiger partial charge in [-0.1, -0.05) is 6.07 Å². The second-order valence-corrected chi connectivity index (χ2v) is 8.96. The Morgan fingerprint density at radius 1 is 1.05 bits per heavy atom. The van der Waals surface area contributed by atoms with Crippen LogP contribution in [-0.2, 0) is 40.1 Å². The number of benzene rings is 1. The first kappa shape index (κ1) is 28.4. The zero-order valence-corrected chi connectivity index (χ0v) is 21.1. The number of likely N-dealkylation sites (tertiary alicyclic amines) is 1. The zero-order chi connectivity index (χ0) is 27.9. The number of piperidine rings is 1. The van der Waals surface area contributed by atoms with Gasteiger partial charge in [-0.2, -0.15) is 5.10 Å². The summed E-state index contributed by atoms with van der Waals surface area (Å²) in [4.78, 5) is 38.3. The van der Waals surface area contributed by atoms with Gasteiger partial charge in [-0.05, 0) is 30.5 Å². The van der Waals surface area contributed by atoms with E-state index in [-0.39, 0.29) is 18.9 Å². The molecule has 0 radical (unpaired) electrons. The molecule has 3 aromatic rings. The molecule has 4 heterocycles. The Morgan fingerprint density at radius 2 is 1.71 bits per heavy atom. The second kappa shape index (κ2) is 12.4. The normalized spacial score (nSPS) is 15.9. The molecule has 13 heteroatoms. The van der Waals surface area contributed by atoms with Gasteiger partial charge >= 0.3 is 0 Å². The van der Waals surface area contributed by atoms with E-state index in [4.69, 9.17) is 24.8 Å². The van der Waals surface area contributed by atoms with Crippen molar-refractivity contribution in [3.63, 3.8) is 0 Å². The van der Waals surface area contributed by atoms with E-state index in [0.29, 0.717) is 19.6 Å². The van der Waals surface area contributed by atoms with Crippen LogP contribution in [0.5, 0.6) is 0 Å². The van der Waals surface area contributed by atoms with Crippen LogP contribution in [0.15, 0.2) is 36.8 Å². The lowest BCUT2D eigenvalue weighted by atomic mass is 9.83. The summed E-state index contributed by atoms with van der Waals surface area (Å²) in [5, 5.41) is 18.1. The Labute approximate surface area is 217 Å². The van der Waals surface area contributed by atoms with Crippen molar-refractivity contribution in [2.45, 2.75) is 38.4 Å². The summed E-state index contributed by atoms with van der Waals surface area (Å²) < 4.78 is 30.9. The number of halogens is 2. The number of amides is 1. The molecule has 0 unspecified atom stereocenters. The summed E-state index contributed by atoms with van der Waals surface area (Å²) in [5.41, 5.74) is 2.30. The fourth-order valence-electron chi connectivity index (χ4n) is 5.22. The van der Waals surface area contributed by atoms with Crippen LogP contribution in [0.4, 0.5) is 8.78 Å². The Bertz CT molecular complexity index is 1260. The standard InChI is InChI=1S/C23H26F2N6O.2CH2O2/c1-16(32)31-10-9-30-21(18-12-27-28(2)15-18)13-26-22(30)23(31)5-7-29(8-6-23)14-17-3-4-19(24)20(25)11-17;2*2-1-3/h3-4,11-13,15H,5-10,14H2,1-2H3;2*1H,(H,2,3). The number of carboxylic acid groups (broad SMARTS) is 2. The van der Waals surface area contributed by atoms with Crippen molar-refractivity contribution in [3.8, 4) is 11.3 Å². The third-order valence-corrected chi connectivity index (χ3v) is 6.79. The molecule has 1 amide bonds. The van der Waals surface area contributed by atoms with Gasteiger partial charge in [-0.25, -0.2) is 13.8 Å². The van der Waals surface area contributed by atoms with Gasteiger partial charge in [0.2, 0.25) is 5.91 Å². The van der Waals surface area contributed by atoms with E-state index in [1.54, 1.807) is 17.7 Å². The van der Waals surface area contributed by atoms with E-state index in [1.165, 1.54) is 12.1 Å². The van der Waals surface area contributed by atoms with Crippen molar-refractivity contribution in [2.75, 3.05) is 19.6 Å². The summed E-state index contributed by atoms with van der Waals surface area (Å²) in [6, 6.07) is 4.05. The third-order valence-electron chi connectivity index (χ3n) is 6.79. The van der Waals surface area contributed by atoms with E-state index in [9.17, 15) is 13.6 Å². The number of hydrogen-bond acceptors (Lipinski definition) is 6. The minimum absolute atomic E-state index is 0.0521. The molecular weight excluding hydrogens is 502 g/mol. The van der Waals surface area contributed by atoms with Crippen LogP contribution < -0.4 is 0 Å². The first-order valence-corrected chi connectivity index (χ1v) is 11.9. The zero-order valence-electron chi connectivity index (χ0n) is 21.1. The maximum atomic E-state index is 13.6. The predicted molar refractivity (Wildman–Crippen MR) is 132 cm³/mol. The van der Waals surface area contributed by atoms with Gasteiger partial charge in [0.05, 0.1) is 18.1 Å². The van der Waals surface area contributed by atoms with Gasteiger partial charge in [0, 0.05) is 58.5 Å². The van der Waals surface area contributed by atoms with Gasteiger partial charge in [0.15, 0.2) is 11.6 Å². The molecule has 38 heavy (non-hydrogen) atoms. The molecule has 5 rings (SSSR count). The molecule has 1 spiro atoms. The Kier molecular flexibility index (Phi) is 9.29. The number of carbonyl (C=O) groups excluding carboxylic acids is 1.